The third-order valence-electron chi connectivity index (χ3n) is 2.89. The number of aliphatic hydroxyl groups is 1. The van der Waals surface area contributed by atoms with Crippen molar-refractivity contribution in [2.45, 2.75) is 32.7 Å². The van der Waals surface area contributed by atoms with E-state index >= 15 is 0 Å². The lowest BCUT2D eigenvalue weighted by Gasteiger charge is -2.16. The van der Waals surface area contributed by atoms with Gasteiger partial charge >= 0.3 is 5.69 Å². The second-order valence-corrected chi connectivity index (χ2v) is 4.17. The van der Waals surface area contributed by atoms with Crippen LogP contribution in [0.5, 0.6) is 0 Å². The van der Waals surface area contributed by atoms with Gasteiger partial charge in [-0.3, -0.25) is 0 Å². The van der Waals surface area contributed by atoms with Crippen LogP contribution in [0.2, 0.25) is 0 Å². The lowest BCUT2D eigenvalue weighted by molar-refractivity contribution is 0.278. The van der Waals surface area contributed by atoms with Gasteiger partial charge in [0.1, 0.15) is 11.6 Å². The smallest absolute Gasteiger partial charge is 0.349 e. The van der Waals surface area contributed by atoms with Gasteiger partial charge in [-0.1, -0.05) is 6.92 Å². The van der Waals surface area contributed by atoms with Gasteiger partial charge in [-0.25, -0.2) is 19.3 Å². The molecule has 1 unspecified atom stereocenters. The van der Waals surface area contributed by atoms with Crippen molar-refractivity contribution in [3.05, 3.63) is 22.4 Å². The fourth-order valence-electron chi connectivity index (χ4n) is 1.91. The third kappa shape index (κ3) is 2.35. The molecule has 2 aromatic rings. The Kier molecular flexibility index (Phi) is 3.61. The predicted octanol–water partition coefficient (Wildman–Crippen LogP) is 0.299. The summed E-state index contributed by atoms with van der Waals surface area (Å²) in [7, 11) is 0. The van der Waals surface area contributed by atoms with Crippen molar-refractivity contribution in [2.24, 2.45) is 0 Å². The van der Waals surface area contributed by atoms with Crippen molar-refractivity contribution in [1.82, 2.24) is 19.6 Å². The van der Waals surface area contributed by atoms with Crippen LogP contribution < -0.4 is 11.0 Å². The Balaban J connectivity index is 2.32. The molecule has 0 spiro atoms. The molecule has 1 atom stereocenters. The summed E-state index contributed by atoms with van der Waals surface area (Å²) >= 11 is 0. The number of nitrogens with zero attached hydrogens (tertiary/aromatic N) is 3. The van der Waals surface area contributed by atoms with Crippen molar-refractivity contribution in [1.29, 1.82) is 0 Å². The van der Waals surface area contributed by atoms with Gasteiger partial charge in [-0.2, -0.15) is 5.10 Å². The molecule has 0 saturated carbocycles. The Labute approximate surface area is 104 Å². The first-order valence-corrected chi connectivity index (χ1v) is 5.98. The van der Waals surface area contributed by atoms with Gasteiger partial charge < -0.3 is 10.4 Å². The van der Waals surface area contributed by atoms with Crippen LogP contribution in [-0.2, 0) is 0 Å². The highest BCUT2D eigenvalue weighted by atomic mass is 16.3. The lowest BCUT2D eigenvalue weighted by atomic mass is 10.1. The molecule has 2 rings (SSSR count). The van der Waals surface area contributed by atoms with Gasteiger partial charge in [0.25, 0.3) is 0 Å². The summed E-state index contributed by atoms with van der Waals surface area (Å²) < 4.78 is 1.41. The van der Waals surface area contributed by atoms with Crippen molar-refractivity contribution < 1.29 is 5.11 Å². The van der Waals surface area contributed by atoms with Crippen molar-refractivity contribution in [3.63, 3.8) is 0 Å². The Morgan fingerprint density at radius 2 is 2.39 bits per heavy atom. The highest BCUT2D eigenvalue weighted by Gasteiger charge is 2.10. The zero-order valence-corrected chi connectivity index (χ0v) is 10.5. The van der Waals surface area contributed by atoms with Gasteiger partial charge in [0.2, 0.25) is 0 Å². The summed E-state index contributed by atoms with van der Waals surface area (Å²) in [6.45, 7) is 3.93. The van der Waals surface area contributed by atoms with Gasteiger partial charge in [-0.05, 0) is 19.8 Å². The second kappa shape index (κ2) is 5.18. The normalized spacial score (nSPS) is 12.8. The minimum Gasteiger partial charge on any atom is -0.396 e. The van der Waals surface area contributed by atoms with Crippen LogP contribution >= 0.6 is 0 Å². The number of fused-ring (bicyclic) bond motifs is 1. The molecule has 0 aliphatic rings. The zero-order valence-electron chi connectivity index (χ0n) is 10.5. The molecule has 0 aliphatic heterocycles. The summed E-state index contributed by atoms with van der Waals surface area (Å²) in [6.07, 6.45) is 1.55. The molecule has 0 aromatic carbocycles. The summed E-state index contributed by atoms with van der Waals surface area (Å²) in [5.41, 5.74) is 0.248. The number of hydrogen-bond donors (Lipinski definition) is 3. The first-order valence-electron chi connectivity index (χ1n) is 5.98. The van der Waals surface area contributed by atoms with E-state index in [2.05, 4.69) is 20.5 Å². The lowest BCUT2D eigenvalue weighted by Crippen LogP contribution is -2.21. The molecule has 18 heavy (non-hydrogen) atoms. The predicted molar refractivity (Wildman–Crippen MR) is 67.7 cm³/mol. The van der Waals surface area contributed by atoms with E-state index in [1.54, 1.807) is 13.0 Å². The Bertz CT molecular complexity index is 589. The van der Waals surface area contributed by atoms with Gasteiger partial charge in [0, 0.05) is 18.7 Å². The molecular weight excluding hydrogens is 234 g/mol. The molecule has 3 N–H and O–H groups in total. The third-order valence-corrected chi connectivity index (χ3v) is 2.89. The maximum atomic E-state index is 11.4. The number of anilines is 1. The number of hydrogen-bond acceptors (Lipinski definition) is 5. The number of aromatic nitrogens is 4. The summed E-state index contributed by atoms with van der Waals surface area (Å²) in [6, 6.07) is 1.88. The Morgan fingerprint density at radius 1 is 1.61 bits per heavy atom. The number of nitrogens with one attached hydrogen (secondary N) is 2. The Morgan fingerprint density at radius 3 is 3.06 bits per heavy atom. The summed E-state index contributed by atoms with van der Waals surface area (Å²) in [5.74, 6) is 1.24. The largest absolute Gasteiger partial charge is 0.396 e. The van der Waals surface area contributed by atoms with Crippen LogP contribution in [0.3, 0.4) is 0 Å². The molecule has 2 aromatic heterocycles. The van der Waals surface area contributed by atoms with Crippen LogP contribution in [-0.4, -0.2) is 37.3 Å². The van der Waals surface area contributed by atoms with Crippen molar-refractivity contribution in [3.8, 4) is 0 Å². The first kappa shape index (κ1) is 12.6. The van der Waals surface area contributed by atoms with E-state index in [0.717, 1.165) is 6.42 Å². The molecule has 98 valence electrons. The van der Waals surface area contributed by atoms with Crippen LogP contribution in [0.4, 0.5) is 5.82 Å². The highest BCUT2D eigenvalue weighted by Crippen LogP contribution is 2.11. The molecule has 0 saturated heterocycles. The standard InChI is InChI=1S/C11H17N5O2/c1-3-8(4-5-17)13-9-6-10-14-15-11(18)16(10)7(2)12-9/h6,8,13,17H,3-5H2,1-2H3,(H,15,18). The SMILES string of the molecule is CCC(CCO)Nc1cc2n[nH]c(=O)n2c(C)n1. The number of rotatable bonds is 5. The summed E-state index contributed by atoms with van der Waals surface area (Å²) in [5, 5.41) is 18.5. The average Bonchev–Trinajstić information content (AvgIpc) is 2.71. The van der Waals surface area contributed by atoms with E-state index in [9.17, 15) is 4.79 Å². The molecule has 2 heterocycles. The van der Waals surface area contributed by atoms with E-state index in [-0.39, 0.29) is 18.3 Å². The highest BCUT2D eigenvalue weighted by molar-refractivity contribution is 5.50. The van der Waals surface area contributed by atoms with Crippen LogP contribution in [0.15, 0.2) is 10.9 Å². The number of aliphatic hydroxyl groups excluding tert-OH is 1. The fraction of sp³-hybridized carbons (Fsp3) is 0.545. The summed E-state index contributed by atoms with van der Waals surface area (Å²) in [4.78, 5) is 15.8. The number of H-pyrrole nitrogens is 1. The van der Waals surface area contributed by atoms with Gasteiger partial charge in [0.15, 0.2) is 5.65 Å². The second-order valence-electron chi connectivity index (χ2n) is 4.17. The van der Waals surface area contributed by atoms with Crippen LogP contribution in [0.25, 0.3) is 5.65 Å². The maximum absolute atomic E-state index is 11.4. The zero-order chi connectivity index (χ0) is 13.1. The van der Waals surface area contributed by atoms with Crippen molar-refractivity contribution >= 4 is 11.5 Å². The Hall–Kier alpha value is -1.89. The van der Waals surface area contributed by atoms with Gasteiger partial charge in [0.05, 0.1) is 0 Å². The molecule has 7 heteroatoms. The van der Waals surface area contributed by atoms with E-state index in [1.165, 1.54) is 4.40 Å². The molecule has 0 aliphatic carbocycles. The van der Waals surface area contributed by atoms with Crippen LogP contribution in [0.1, 0.15) is 25.6 Å². The molecule has 0 amide bonds. The topological polar surface area (TPSA) is 95.3 Å². The van der Waals surface area contributed by atoms with Crippen LogP contribution in [0, 0.1) is 6.92 Å². The van der Waals surface area contributed by atoms with E-state index < -0.39 is 0 Å². The fourth-order valence-corrected chi connectivity index (χ4v) is 1.91. The molecule has 7 nitrogen and oxygen atoms in total. The molecular formula is C11H17N5O2. The van der Waals surface area contributed by atoms with E-state index in [4.69, 9.17) is 5.11 Å². The molecule has 0 fully saturated rings. The van der Waals surface area contributed by atoms with Crippen molar-refractivity contribution in [2.75, 3.05) is 11.9 Å². The molecule has 0 bridgehead atoms. The number of aromatic amines is 1. The minimum absolute atomic E-state index is 0.134. The quantitative estimate of drug-likeness (QED) is 0.710. The maximum Gasteiger partial charge on any atom is 0.349 e. The minimum atomic E-state index is -0.288. The number of aryl methyl sites for hydroxylation is 1. The van der Waals surface area contributed by atoms with E-state index in [1.807, 2.05) is 6.92 Å². The molecule has 0 radical (unpaired) electrons. The average molecular weight is 251 g/mol. The van der Waals surface area contributed by atoms with E-state index in [0.29, 0.717) is 23.7 Å². The first-order chi connectivity index (χ1) is 8.65. The van der Waals surface area contributed by atoms with Gasteiger partial charge in [-0.15, -0.1) is 0 Å². The monoisotopic (exact) mass is 251 g/mol.